The van der Waals surface area contributed by atoms with Gasteiger partial charge in [0.1, 0.15) is 0 Å². The molecule has 156 valence electrons. The smallest absolute Gasteiger partial charge is 0.450 e. The van der Waals surface area contributed by atoms with Crippen molar-refractivity contribution in [2.75, 3.05) is 0 Å². The number of amides is 1. The van der Waals surface area contributed by atoms with Crippen LogP contribution in [0.1, 0.15) is 46.5 Å². The van der Waals surface area contributed by atoms with Crippen molar-refractivity contribution < 1.29 is 48.0 Å². The quantitative estimate of drug-likeness (QED) is 0.395. The third kappa shape index (κ3) is 26.6. The van der Waals surface area contributed by atoms with Gasteiger partial charge in [0.05, 0.1) is 0 Å². The largest absolute Gasteiger partial charge is 0.503 e. The zero-order valence-corrected chi connectivity index (χ0v) is 14.8. The van der Waals surface area contributed by atoms with Crippen molar-refractivity contribution >= 4 is 18.2 Å². The number of halogens is 3. The van der Waals surface area contributed by atoms with Gasteiger partial charge in [0.25, 0.3) is 0 Å². The summed E-state index contributed by atoms with van der Waals surface area (Å²) in [5, 5.41) is 29.8. The van der Waals surface area contributed by atoms with Gasteiger partial charge in [-0.1, -0.05) is 33.6 Å². The molecule has 1 saturated carbocycles. The van der Waals surface area contributed by atoms with E-state index in [9.17, 15) is 18.0 Å². The summed E-state index contributed by atoms with van der Waals surface area (Å²) in [5.41, 5.74) is 5.59. The van der Waals surface area contributed by atoms with E-state index in [4.69, 9.17) is 35.7 Å². The lowest BCUT2D eigenvalue weighted by Gasteiger charge is -2.29. The minimum Gasteiger partial charge on any atom is -0.450 e. The molecule has 1 rings (SSSR count). The molecule has 1 aliphatic rings. The fourth-order valence-electron chi connectivity index (χ4n) is 1.59. The molecule has 0 bridgehead atoms. The normalized spacial score (nSPS) is 18.6. The number of hydrogen-bond acceptors (Lipinski definition) is 4. The average Bonchev–Trinajstić information content (AvgIpc) is 2.38. The second-order valence-electron chi connectivity index (χ2n) is 5.82. The topological polar surface area (TPSA) is 170 Å². The fourth-order valence-corrected chi connectivity index (χ4v) is 1.59. The van der Waals surface area contributed by atoms with Crippen LogP contribution >= 0.6 is 0 Å². The van der Waals surface area contributed by atoms with Gasteiger partial charge in [0.15, 0.2) is 0 Å². The molecule has 1 aliphatic carbocycles. The maximum absolute atomic E-state index is 11.9. The maximum Gasteiger partial charge on any atom is 0.503 e. The first-order valence-corrected chi connectivity index (χ1v) is 7.58. The van der Waals surface area contributed by atoms with Gasteiger partial charge in [-0.2, -0.15) is 13.2 Å². The molecule has 7 N–H and O–H groups in total. The lowest BCUT2D eigenvalue weighted by atomic mass is 9.91. The Morgan fingerprint density at radius 3 is 1.54 bits per heavy atom. The first-order chi connectivity index (χ1) is 11.6. The number of nitrogens with two attached hydrogens (primary N) is 1. The van der Waals surface area contributed by atoms with E-state index < -0.39 is 30.4 Å². The van der Waals surface area contributed by atoms with Gasteiger partial charge in [0.2, 0.25) is 0 Å². The van der Waals surface area contributed by atoms with Crippen LogP contribution in [0.15, 0.2) is 0 Å². The number of hydrogen-bond donors (Lipinski definition) is 6. The highest BCUT2D eigenvalue weighted by Gasteiger charge is 2.40. The molecule has 26 heavy (non-hydrogen) atoms. The molecule has 0 spiro atoms. The molecule has 0 heterocycles. The van der Waals surface area contributed by atoms with Crippen LogP contribution in [0, 0.1) is 5.92 Å². The number of carbonyl (C=O) groups excluding carboxylic acids is 1. The molecular formula is C14H27F3N2O7. The first kappa shape index (κ1) is 28.6. The third-order valence-corrected chi connectivity index (χ3v) is 2.39. The Balaban J connectivity index is -0.000000362. The number of alkyl halides is 3. The summed E-state index contributed by atoms with van der Waals surface area (Å²) in [5.74, 6) is -1.06. The van der Waals surface area contributed by atoms with E-state index in [-0.39, 0.29) is 6.04 Å². The predicted molar refractivity (Wildman–Crippen MR) is 86.2 cm³/mol. The standard InChI is InChI=1S/C8H13F3N2O.C4H10.2CH2O3/c9-8(10,11)7(14)13-6-4-2-1-3-5(6)12;1-4(2)3;2*2-1(3)4/h5-6H,1-4,12H2,(H,13,14);4H,1-3H3;2*(H2,2,3,4). The summed E-state index contributed by atoms with van der Waals surface area (Å²) in [6.07, 6.45) is -5.54. The second-order valence-corrected chi connectivity index (χ2v) is 5.82. The zero-order chi connectivity index (χ0) is 21.5. The summed E-state index contributed by atoms with van der Waals surface area (Å²) >= 11 is 0. The summed E-state index contributed by atoms with van der Waals surface area (Å²) in [7, 11) is 0. The van der Waals surface area contributed by atoms with Crippen molar-refractivity contribution in [3.05, 3.63) is 0 Å². The molecule has 0 saturated heterocycles. The predicted octanol–water partition coefficient (Wildman–Crippen LogP) is 3.04. The van der Waals surface area contributed by atoms with Crippen molar-refractivity contribution in [3.8, 4) is 0 Å². The molecule has 1 fully saturated rings. The van der Waals surface area contributed by atoms with Crippen LogP contribution < -0.4 is 11.1 Å². The first-order valence-electron chi connectivity index (χ1n) is 7.58. The number of nitrogens with one attached hydrogen (secondary N) is 1. The number of carboxylic acid groups (broad SMARTS) is 4. The van der Waals surface area contributed by atoms with Crippen LogP contribution in [0.5, 0.6) is 0 Å². The Hall–Kier alpha value is -2.24. The lowest BCUT2D eigenvalue weighted by molar-refractivity contribution is -0.174. The van der Waals surface area contributed by atoms with E-state index in [0.717, 1.165) is 18.8 Å². The van der Waals surface area contributed by atoms with Crippen LogP contribution in [0.3, 0.4) is 0 Å². The number of rotatable bonds is 1. The van der Waals surface area contributed by atoms with Crippen LogP contribution in [-0.4, -0.2) is 56.9 Å². The Morgan fingerprint density at radius 2 is 1.27 bits per heavy atom. The third-order valence-electron chi connectivity index (χ3n) is 2.39. The molecule has 0 radical (unpaired) electrons. The Labute approximate surface area is 149 Å². The second kappa shape index (κ2) is 15.0. The fraction of sp³-hybridized carbons (Fsp3) is 0.786. The van der Waals surface area contributed by atoms with Crippen molar-refractivity contribution in [1.29, 1.82) is 0 Å². The molecule has 1 amide bonds. The molecule has 0 aromatic rings. The van der Waals surface area contributed by atoms with Crippen molar-refractivity contribution in [3.63, 3.8) is 0 Å². The van der Waals surface area contributed by atoms with E-state index >= 15 is 0 Å². The van der Waals surface area contributed by atoms with E-state index in [1.165, 1.54) is 0 Å². The summed E-state index contributed by atoms with van der Waals surface area (Å²) < 4.78 is 35.6. The molecule has 2 unspecified atom stereocenters. The van der Waals surface area contributed by atoms with Crippen LogP contribution in [0.25, 0.3) is 0 Å². The highest BCUT2D eigenvalue weighted by molar-refractivity contribution is 5.82. The molecule has 9 nitrogen and oxygen atoms in total. The van der Waals surface area contributed by atoms with Crippen LogP contribution in [0.4, 0.5) is 22.8 Å². The van der Waals surface area contributed by atoms with E-state index in [1.54, 1.807) is 0 Å². The Bertz CT molecular complexity index is 395. The van der Waals surface area contributed by atoms with Gasteiger partial charge >= 0.3 is 24.4 Å². The lowest BCUT2D eigenvalue weighted by Crippen LogP contribution is -2.52. The molecule has 2 atom stereocenters. The highest BCUT2D eigenvalue weighted by Crippen LogP contribution is 2.20. The SMILES string of the molecule is CC(C)C.NC1CCCCC1NC(=O)C(F)(F)F.O=C(O)O.O=C(O)O. The highest BCUT2D eigenvalue weighted by atomic mass is 19.4. The van der Waals surface area contributed by atoms with Gasteiger partial charge < -0.3 is 31.5 Å². The Morgan fingerprint density at radius 1 is 0.962 bits per heavy atom. The van der Waals surface area contributed by atoms with Gasteiger partial charge in [-0.3, -0.25) is 4.79 Å². The van der Waals surface area contributed by atoms with Gasteiger partial charge in [-0.15, -0.1) is 0 Å². The van der Waals surface area contributed by atoms with Crippen molar-refractivity contribution in [2.24, 2.45) is 11.7 Å². The van der Waals surface area contributed by atoms with Gasteiger partial charge in [-0.25, -0.2) is 9.59 Å². The van der Waals surface area contributed by atoms with E-state index in [2.05, 4.69) is 20.8 Å². The van der Waals surface area contributed by atoms with E-state index in [1.807, 2.05) is 5.32 Å². The monoisotopic (exact) mass is 392 g/mol. The maximum atomic E-state index is 11.9. The molecule has 0 aromatic carbocycles. The molecule has 0 aliphatic heterocycles. The zero-order valence-electron chi connectivity index (χ0n) is 14.8. The summed E-state index contributed by atoms with van der Waals surface area (Å²) in [4.78, 5) is 27.7. The minimum absolute atomic E-state index is 0.352. The van der Waals surface area contributed by atoms with Crippen molar-refractivity contribution in [2.45, 2.75) is 64.7 Å². The molecule has 12 heteroatoms. The summed E-state index contributed by atoms with van der Waals surface area (Å²) in [6.45, 7) is 6.50. The number of carbonyl (C=O) groups is 3. The van der Waals surface area contributed by atoms with Crippen molar-refractivity contribution in [1.82, 2.24) is 5.32 Å². The van der Waals surface area contributed by atoms with Gasteiger partial charge in [0, 0.05) is 12.1 Å². The molecular weight excluding hydrogens is 365 g/mol. The Kier molecular flexibility index (Phi) is 16.5. The van der Waals surface area contributed by atoms with Gasteiger partial charge in [-0.05, 0) is 18.8 Å². The molecule has 0 aromatic heterocycles. The average molecular weight is 392 g/mol. The van der Waals surface area contributed by atoms with Crippen LogP contribution in [0.2, 0.25) is 0 Å². The minimum atomic E-state index is -4.81. The summed E-state index contributed by atoms with van der Waals surface area (Å²) in [6, 6.07) is -0.882. The van der Waals surface area contributed by atoms with Crippen LogP contribution in [-0.2, 0) is 4.79 Å². The van der Waals surface area contributed by atoms with E-state index in [0.29, 0.717) is 12.8 Å².